The second kappa shape index (κ2) is 6.87. The minimum atomic E-state index is -0.754. The normalized spacial score (nSPS) is 22.1. The summed E-state index contributed by atoms with van der Waals surface area (Å²) in [5, 5.41) is 1.10. The highest BCUT2D eigenvalue weighted by atomic mass is 32.2. The van der Waals surface area contributed by atoms with Gasteiger partial charge >= 0.3 is 0 Å². The van der Waals surface area contributed by atoms with Gasteiger partial charge in [0.2, 0.25) is 5.91 Å². The summed E-state index contributed by atoms with van der Waals surface area (Å²) in [6, 6.07) is 8.23. The van der Waals surface area contributed by atoms with Gasteiger partial charge in [0.25, 0.3) is 0 Å². The van der Waals surface area contributed by atoms with E-state index in [0.29, 0.717) is 24.5 Å². The van der Waals surface area contributed by atoms with Crippen molar-refractivity contribution in [1.29, 1.82) is 0 Å². The lowest BCUT2D eigenvalue weighted by Crippen LogP contribution is -2.48. The Morgan fingerprint density at radius 3 is 3.05 bits per heavy atom. The van der Waals surface area contributed by atoms with Gasteiger partial charge in [-0.15, -0.1) is 11.3 Å². The van der Waals surface area contributed by atoms with E-state index in [-0.39, 0.29) is 11.9 Å². The maximum Gasteiger partial charge on any atom is 0.222 e. The van der Waals surface area contributed by atoms with Crippen molar-refractivity contribution in [2.45, 2.75) is 32.2 Å². The first kappa shape index (κ1) is 15.6. The number of amides is 1. The van der Waals surface area contributed by atoms with Crippen molar-refractivity contribution < 1.29 is 9.00 Å². The van der Waals surface area contributed by atoms with Gasteiger partial charge in [-0.3, -0.25) is 9.00 Å². The largest absolute Gasteiger partial charge is 0.338 e. The van der Waals surface area contributed by atoms with Gasteiger partial charge in [-0.25, -0.2) is 4.98 Å². The van der Waals surface area contributed by atoms with E-state index >= 15 is 0 Å². The molecule has 1 fully saturated rings. The molecule has 2 aromatic rings. The molecule has 2 atom stereocenters. The van der Waals surface area contributed by atoms with Gasteiger partial charge in [0.05, 0.1) is 15.2 Å². The van der Waals surface area contributed by atoms with Crippen molar-refractivity contribution in [1.82, 2.24) is 9.88 Å². The Balaban J connectivity index is 1.52. The number of aryl methyl sites for hydroxylation is 1. The first-order valence-corrected chi connectivity index (χ1v) is 9.93. The Kier molecular flexibility index (Phi) is 4.88. The monoisotopic (exact) mass is 336 g/mol. The molecule has 1 aliphatic heterocycles. The third-order valence-corrected chi connectivity index (χ3v) is 6.55. The van der Waals surface area contributed by atoms with Gasteiger partial charge < -0.3 is 4.90 Å². The number of benzene rings is 1. The van der Waals surface area contributed by atoms with E-state index in [2.05, 4.69) is 11.1 Å². The van der Waals surface area contributed by atoms with Crippen LogP contribution in [0.25, 0.3) is 10.2 Å². The zero-order valence-corrected chi connectivity index (χ0v) is 14.3. The Hall–Kier alpha value is -1.27. The predicted molar refractivity (Wildman–Crippen MR) is 91.6 cm³/mol. The topological polar surface area (TPSA) is 50.3 Å². The van der Waals surface area contributed by atoms with Gasteiger partial charge in [-0.1, -0.05) is 12.1 Å². The van der Waals surface area contributed by atoms with E-state index in [4.69, 9.17) is 0 Å². The second-order valence-electron chi connectivity index (χ2n) is 5.68. The fraction of sp³-hybridized carbons (Fsp3) is 0.500. The SMILES string of the molecule is C[C@H]1C[S@](=O)CCN1C(=O)CCCc1nc2ccccc2s1. The summed E-state index contributed by atoms with van der Waals surface area (Å²) in [5.41, 5.74) is 1.04. The molecule has 0 spiro atoms. The number of fused-ring (bicyclic) bond motifs is 1. The fourth-order valence-corrected chi connectivity index (χ4v) is 5.09. The minimum Gasteiger partial charge on any atom is -0.338 e. The first-order valence-electron chi connectivity index (χ1n) is 7.62. The van der Waals surface area contributed by atoms with Crippen LogP contribution in [0.3, 0.4) is 0 Å². The van der Waals surface area contributed by atoms with Crippen molar-refractivity contribution in [3.05, 3.63) is 29.3 Å². The van der Waals surface area contributed by atoms with Crippen LogP contribution in [0.5, 0.6) is 0 Å². The summed E-state index contributed by atoms with van der Waals surface area (Å²) in [6.45, 7) is 2.62. The number of hydrogen-bond donors (Lipinski definition) is 0. The maximum atomic E-state index is 12.3. The predicted octanol–water partition coefficient (Wildman–Crippen LogP) is 2.60. The molecule has 1 aromatic heterocycles. The molecule has 2 heterocycles. The van der Waals surface area contributed by atoms with Crippen LogP contribution in [0.15, 0.2) is 24.3 Å². The smallest absolute Gasteiger partial charge is 0.222 e. The first-order chi connectivity index (χ1) is 10.6. The lowest BCUT2D eigenvalue weighted by atomic mass is 10.2. The van der Waals surface area contributed by atoms with Gasteiger partial charge in [-0.2, -0.15) is 0 Å². The van der Waals surface area contributed by atoms with E-state index in [1.54, 1.807) is 11.3 Å². The lowest BCUT2D eigenvalue weighted by molar-refractivity contribution is -0.132. The number of carbonyl (C=O) groups is 1. The van der Waals surface area contributed by atoms with E-state index in [9.17, 15) is 9.00 Å². The molecular formula is C16H20N2O2S2. The van der Waals surface area contributed by atoms with Crippen LogP contribution >= 0.6 is 11.3 Å². The fourth-order valence-electron chi connectivity index (χ4n) is 2.79. The lowest BCUT2D eigenvalue weighted by Gasteiger charge is -2.33. The van der Waals surface area contributed by atoms with Crippen LogP contribution in [0.2, 0.25) is 0 Å². The van der Waals surface area contributed by atoms with Crippen molar-refractivity contribution >= 4 is 38.3 Å². The van der Waals surface area contributed by atoms with Crippen molar-refractivity contribution in [3.8, 4) is 0 Å². The van der Waals surface area contributed by atoms with Gasteiger partial charge in [0, 0.05) is 41.3 Å². The molecule has 0 radical (unpaired) electrons. The highest BCUT2D eigenvalue weighted by Gasteiger charge is 2.26. The van der Waals surface area contributed by atoms with Gasteiger partial charge in [-0.05, 0) is 31.9 Å². The molecule has 1 aromatic carbocycles. The maximum absolute atomic E-state index is 12.3. The molecule has 0 saturated carbocycles. The van der Waals surface area contributed by atoms with E-state index in [0.717, 1.165) is 23.4 Å². The minimum absolute atomic E-state index is 0.101. The average molecular weight is 336 g/mol. The van der Waals surface area contributed by atoms with Crippen LogP contribution in [-0.2, 0) is 22.0 Å². The standard InChI is InChI=1S/C16H20N2O2S2/c1-12-11-22(20)10-9-18(12)16(19)8-4-7-15-17-13-5-2-3-6-14(13)21-15/h2-3,5-6,12H,4,7-11H2,1H3/t12-,22+/m0/s1. The molecule has 1 amide bonds. The van der Waals surface area contributed by atoms with Crippen LogP contribution in [0.1, 0.15) is 24.8 Å². The molecule has 22 heavy (non-hydrogen) atoms. The van der Waals surface area contributed by atoms with E-state index < -0.39 is 10.8 Å². The number of hydrogen-bond acceptors (Lipinski definition) is 4. The molecule has 1 aliphatic rings. The number of nitrogens with zero attached hydrogens (tertiary/aromatic N) is 2. The number of para-hydroxylation sites is 1. The zero-order valence-electron chi connectivity index (χ0n) is 12.7. The molecule has 4 nitrogen and oxygen atoms in total. The number of thiazole rings is 1. The molecule has 0 aliphatic carbocycles. The Morgan fingerprint density at radius 2 is 2.27 bits per heavy atom. The van der Waals surface area contributed by atoms with Gasteiger partial charge in [0.1, 0.15) is 0 Å². The molecule has 0 bridgehead atoms. The summed E-state index contributed by atoms with van der Waals surface area (Å²) in [4.78, 5) is 18.8. The summed E-state index contributed by atoms with van der Waals surface area (Å²) in [6.07, 6.45) is 2.22. The molecule has 0 N–H and O–H groups in total. The third-order valence-electron chi connectivity index (χ3n) is 3.96. The zero-order chi connectivity index (χ0) is 15.5. The van der Waals surface area contributed by atoms with Crippen LogP contribution < -0.4 is 0 Å². The Bertz CT molecular complexity index is 665. The average Bonchev–Trinajstić information content (AvgIpc) is 2.89. The summed E-state index contributed by atoms with van der Waals surface area (Å²) < 4.78 is 12.7. The van der Waals surface area contributed by atoms with Crippen molar-refractivity contribution in [2.24, 2.45) is 0 Å². The molecular weight excluding hydrogens is 316 g/mol. The molecule has 1 saturated heterocycles. The highest BCUT2D eigenvalue weighted by Crippen LogP contribution is 2.23. The van der Waals surface area contributed by atoms with E-state index in [1.807, 2.05) is 30.0 Å². The molecule has 0 unspecified atom stereocenters. The highest BCUT2D eigenvalue weighted by molar-refractivity contribution is 7.85. The Morgan fingerprint density at radius 1 is 1.45 bits per heavy atom. The van der Waals surface area contributed by atoms with E-state index in [1.165, 1.54) is 4.70 Å². The number of aromatic nitrogens is 1. The van der Waals surface area contributed by atoms with Crippen LogP contribution in [0.4, 0.5) is 0 Å². The third kappa shape index (κ3) is 3.55. The summed E-state index contributed by atoms with van der Waals surface area (Å²) in [5.74, 6) is 1.42. The van der Waals surface area contributed by atoms with Crippen LogP contribution in [-0.4, -0.2) is 44.1 Å². The molecule has 3 rings (SSSR count). The van der Waals surface area contributed by atoms with Crippen molar-refractivity contribution in [3.63, 3.8) is 0 Å². The number of rotatable bonds is 4. The van der Waals surface area contributed by atoms with Gasteiger partial charge in [0.15, 0.2) is 0 Å². The Labute approximate surface area is 137 Å². The summed E-state index contributed by atoms with van der Waals surface area (Å²) in [7, 11) is -0.754. The summed E-state index contributed by atoms with van der Waals surface area (Å²) >= 11 is 1.71. The molecule has 6 heteroatoms. The second-order valence-corrected chi connectivity index (χ2v) is 8.41. The van der Waals surface area contributed by atoms with Crippen LogP contribution in [0, 0.1) is 0 Å². The molecule has 118 valence electrons. The quantitative estimate of drug-likeness (QED) is 0.862. The van der Waals surface area contributed by atoms with Crippen molar-refractivity contribution in [2.75, 3.05) is 18.1 Å². The number of carbonyl (C=O) groups excluding carboxylic acids is 1.